The summed E-state index contributed by atoms with van der Waals surface area (Å²) in [5.74, 6) is -0.381. The monoisotopic (exact) mass is 279 g/mol. The van der Waals surface area contributed by atoms with Crippen LogP contribution >= 0.6 is 0 Å². The van der Waals surface area contributed by atoms with E-state index in [1.165, 1.54) is 0 Å². The second-order valence-corrected chi connectivity index (χ2v) is 4.31. The fourth-order valence-electron chi connectivity index (χ4n) is 1.78. The molecule has 0 bridgehead atoms. The first kappa shape index (κ1) is 14.2. The van der Waals surface area contributed by atoms with E-state index in [9.17, 15) is 18.0 Å². The zero-order chi connectivity index (χ0) is 14.8. The molecule has 1 heterocycles. The molecule has 0 N–H and O–H groups in total. The molecule has 0 aliphatic heterocycles. The van der Waals surface area contributed by atoms with Crippen LogP contribution in [0.2, 0.25) is 0 Å². The smallest absolute Gasteiger partial charge is 0.287 e. The minimum atomic E-state index is -4.45. The van der Waals surface area contributed by atoms with E-state index in [0.29, 0.717) is 11.8 Å². The van der Waals surface area contributed by atoms with Crippen molar-refractivity contribution in [3.63, 3.8) is 0 Å². The van der Waals surface area contributed by atoms with Crippen LogP contribution < -0.4 is 0 Å². The number of aryl methyl sites for hydroxylation is 1. The molecule has 2 nitrogen and oxygen atoms in total. The molecule has 20 heavy (non-hydrogen) atoms. The van der Waals surface area contributed by atoms with Gasteiger partial charge in [0.1, 0.15) is 5.69 Å². The van der Waals surface area contributed by atoms with Crippen molar-refractivity contribution in [2.24, 2.45) is 0 Å². The van der Waals surface area contributed by atoms with Gasteiger partial charge in [-0.1, -0.05) is 25.1 Å². The van der Waals surface area contributed by atoms with Gasteiger partial charge in [-0.05, 0) is 30.2 Å². The van der Waals surface area contributed by atoms with E-state index in [2.05, 4.69) is 4.98 Å². The van der Waals surface area contributed by atoms with Crippen LogP contribution in [0.1, 0.15) is 34.1 Å². The van der Waals surface area contributed by atoms with Gasteiger partial charge in [0.05, 0.1) is 5.56 Å². The van der Waals surface area contributed by atoms with Gasteiger partial charge in [-0.3, -0.25) is 9.78 Å². The van der Waals surface area contributed by atoms with Gasteiger partial charge >= 0.3 is 6.18 Å². The third kappa shape index (κ3) is 3.04. The van der Waals surface area contributed by atoms with Gasteiger partial charge in [-0.15, -0.1) is 0 Å². The Labute approximate surface area is 114 Å². The second-order valence-electron chi connectivity index (χ2n) is 4.31. The number of nitrogens with zero attached hydrogens (tertiary/aromatic N) is 1. The predicted molar refractivity (Wildman–Crippen MR) is 68.5 cm³/mol. The summed E-state index contributed by atoms with van der Waals surface area (Å²) >= 11 is 0. The molecule has 0 aliphatic rings. The Balaban J connectivity index is 2.29. The van der Waals surface area contributed by atoms with Gasteiger partial charge < -0.3 is 0 Å². The van der Waals surface area contributed by atoms with Crippen molar-refractivity contribution < 1.29 is 18.0 Å². The number of hydrogen-bond acceptors (Lipinski definition) is 2. The van der Waals surface area contributed by atoms with Crippen LogP contribution in [0.15, 0.2) is 42.6 Å². The van der Waals surface area contributed by atoms with Gasteiger partial charge in [0, 0.05) is 11.8 Å². The van der Waals surface area contributed by atoms with Crippen molar-refractivity contribution in [2.75, 3.05) is 0 Å². The normalized spacial score (nSPS) is 11.4. The molecular weight excluding hydrogens is 267 g/mol. The SMILES string of the molecule is CCc1cccc(C(=O)c2ccc(C(F)(F)F)cn2)c1. The van der Waals surface area contributed by atoms with Crippen molar-refractivity contribution >= 4 is 5.78 Å². The average molecular weight is 279 g/mol. The molecule has 2 rings (SSSR count). The Morgan fingerprint density at radius 3 is 2.50 bits per heavy atom. The number of rotatable bonds is 3. The number of pyridine rings is 1. The third-order valence-electron chi connectivity index (χ3n) is 2.92. The first-order valence-electron chi connectivity index (χ1n) is 6.08. The number of ketones is 1. The van der Waals surface area contributed by atoms with E-state index < -0.39 is 11.7 Å². The first-order chi connectivity index (χ1) is 9.41. The summed E-state index contributed by atoms with van der Waals surface area (Å²) in [7, 11) is 0. The molecular formula is C15H12F3NO. The molecule has 5 heteroatoms. The van der Waals surface area contributed by atoms with Crippen molar-refractivity contribution in [1.82, 2.24) is 4.98 Å². The highest BCUT2D eigenvalue weighted by Crippen LogP contribution is 2.28. The number of hydrogen-bond donors (Lipinski definition) is 0. The Kier molecular flexibility index (Phi) is 3.88. The van der Waals surface area contributed by atoms with Crippen molar-refractivity contribution in [2.45, 2.75) is 19.5 Å². The fourth-order valence-corrected chi connectivity index (χ4v) is 1.78. The lowest BCUT2D eigenvalue weighted by molar-refractivity contribution is -0.137. The van der Waals surface area contributed by atoms with Crippen LogP contribution in [0, 0.1) is 0 Å². The van der Waals surface area contributed by atoms with Gasteiger partial charge in [-0.2, -0.15) is 13.2 Å². The molecule has 0 saturated heterocycles. The Morgan fingerprint density at radius 1 is 1.20 bits per heavy atom. The van der Waals surface area contributed by atoms with Gasteiger partial charge in [0.2, 0.25) is 5.78 Å². The van der Waals surface area contributed by atoms with E-state index in [0.717, 1.165) is 24.1 Å². The van der Waals surface area contributed by atoms with Crippen molar-refractivity contribution in [1.29, 1.82) is 0 Å². The fraction of sp³-hybridized carbons (Fsp3) is 0.200. The molecule has 1 aromatic heterocycles. The highest BCUT2D eigenvalue weighted by molar-refractivity contribution is 6.07. The zero-order valence-corrected chi connectivity index (χ0v) is 10.7. The van der Waals surface area contributed by atoms with E-state index in [-0.39, 0.29) is 11.5 Å². The molecule has 0 fully saturated rings. The Bertz CT molecular complexity index is 618. The van der Waals surface area contributed by atoms with Gasteiger partial charge in [-0.25, -0.2) is 0 Å². The van der Waals surface area contributed by atoms with E-state index in [4.69, 9.17) is 0 Å². The van der Waals surface area contributed by atoms with E-state index >= 15 is 0 Å². The predicted octanol–water partition coefficient (Wildman–Crippen LogP) is 3.89. The summed E-state index contributed by atoms with van der Waals surface area (Å²) in [6.07, 6.45) is -2.99. The molecule has 0 atom stereocenters. The molecule has 1 aromatic carbocycles. The average Bonchev–Trinajstić information content (AvgIpc) is 2.46. The van der Waals surface area contributed by atoms with Gasteiger partial charge in [0.25, 0.3) is 0 Å². The Morgan fingerprint density at radius 2 is 1.95 bits per heavy atom. The molecule has 2 aromatic rings. The van der Waals surface area contributed by atoms with Gasteiger partial charge in [0.15, 0.2) is 0 Å². The van der Waals surface area contributed by atoms with Crippen LogP contribution in [0.25, 0.3) is 0 Å². The molecule has 0 saturated carbocycles. The van der Waals surface area contributed by atoms with E-state index in [1.54, 1.807) is 18.2 Å². The quantitative estimate of drug-likeness (QED) is 0.798. The number of aromatic nitrogens is 1. The zero-order valence-electron chi connectivity index (χ0n) is 10.7. The summed E-state index contributed by atoms with van der Waals surface area (Å²) in [6, 6.07) is 8.95. The minimum Gasteiger partial charge on any atom is -0.287 e. The maximum absolute atomic E-state index is 12.4. The summed E-state index contributed by atoms with van der Waals surface area (Å²) < 4.78 is 37.3. The number of benzene rings is 1. The highest BCUT2D eigenvalue weighted by Gasteiger charge is 2.30. The standard InChI is InChI=1S/C15H12F3NO/c1-2-10-4-3-5-11(8-10)14(20)13-7-6-12(9-19-13)15(16,17)18/h3-9H,2H2,1H3. The minimum absolute atomic E-state index is 0.00579. The van der Waals surface area contributed by atoms with Crippen LogP contribution in [0.5, 0.6) is 0 Å². The first-order valence-corrected chi connectivity index (χ1v) is 6.08. The van der Waals surface area contributed by atoms with Crippen molar-refractivity contribution in [3.8, 4) is 0 Å². The van der Waals surface area contributed by atoms with Crippen LogP contribution in [-0.2, 0) is 12.6 Å². The van der Waals surface area contributed by atoms with Crippen LogP contribution in [0.3, 0.4) is 0 Å². The molecule has 0 amide bonds. The number of halogens is 3. The van der Waals surface area contributed by atoms with Crippen LogP contribution in [-0.4, -0.2) is 10.8 Å². The molecule has 0 unspecified atom stereocenters. The summed E-state index contributed by atoms with van der Waals surface area (Å²) in [6.45, 7) is 1.96. The summed E-state index contributed by atoms with van der Waals surface area (Å²) in [4.78, 5) is 15.7. The maximum atomic E-state index is 12.4. The third-order valence-corrected chi connectivity index (χ3v) is 2.92. The summed E-state index contributed by atoms with van der Waals surface area (Å²) in [5, 5.41) is 0. The lowest BCUT2D eigenvalue weighted by Gasteiger charge is -2.07. The highest BCUT2D eigenvalue weighted by atomic mass is 19.4. The topological polar surface area (TPSA) is 30.0 Å². The molecule has 104 valence electrons. The molecule has 0 aliphatic carbocycles. The number of carbonyl (C=O) groups is 1. The maximum Gasteiger partial charge on any atom is 0.417 e. The number of carbonyl (C=O) groups excluding carboxylic acids is 1. The molecule has 0 spiro atoms. The molecule has 0 radical (unpaired) electrons. The number of alkyl halides is 3. The lowest BCUT2D eigenvalue weighted by atomic mass is 10.0. The lowest BCUT2D eigenvalue weighted by Crippen LogP contribution is -2.09. The second kappa shape index (κ2) is 5.45. The van der Waals surface area contributed by atoms with E-state index in [1.807, 2.05) is 13.0 Å². The summed E-state index contributed by atoms with van der Waals surface area (Å²) in [5.41, 5.74) is 0.557. The van der Waals surface area contributed by atoms with Crippen molar-refractivity contribution in [3.05, 3.63) is 65.0 Å². The Hall–Kier alpha value is -2.17. The largest absolute Gasteiger partial charge is 0.417 e. The van der Waals surface area contributed by atoms with Crippen LogP contribution in [0.4, 0.5) is 13.2 Å².